The maximum Gasteiger partial charge on any atom is 0.307 e. The topological polar surface area (TPSA) is 42.3 Å². The van der Waals surface area contributed by atoms with Crippen molar-refractivity contribution in [2.75, 3.05) is 6.54 Å². The standard InChI is InChI=1S/C20H26N2O2S/c1-13-7-8-17(12-14(13)2)18-6-5-10-22(18)19(23)9-11-21-15(3)16(4)25-20(21)24/h7-8,12,18H,5-6,9-11H2,1-4H3. The molecule has 1 fully saturated rings. The molecule has 1 aliphatic rings. The predicted molar refractivity (Wildman–Crippen MR) is 102 cm³/mol. The molecule has 0 saturated carbocycles. The Bertz CT molecular complexity index is 850. The molecule has 5 heteroatoms. The average molecular weight is 359 g/mol. The highest BCUT2D eigenvalue weighted by atomic mass is 32.1. The number of benzene rings is 1. The van der Waals surface area contributed by atoms with Crippen molar-refractivity contribution >= 4 is 17.2 Å². The van der Waals surface area contributed by atoms with Gasteiger partial charge in [0, 0.05) is 30.1 Å². The summed E-state index contributed by atoms with van der Waals surface area (Å²) in [6.45, 7) is 9.42. The number of carbonyl (C=O) groups is 1. The first-order chi connectivity index (χ1) is 11.9. The second kappa shape index (κ2) is 7.16. The highest BCUT2D eigenvalue weighted by Gasteiger charge is 2.29. The molecule has 1 aromatic heterocycles. The van der Waals surface area contributed by atoms with Gasteiger partial charge >= 0.3 is 4.87 Å². The second-order valence-corrected chi connectivity index (χ2v) is 8.17. The van der Waals surface area contributed by atoms with Gasteiger partial charge in [-0.05, 0) is 57.2 Å². The normalized spacial score (nSPS) is 17.3. The summed E-state index contributed by atoms with van der Waals surface area (Å²) >= 11 is 1.26. The first-order valence-electron chi connectivity index (χ1n) is 8.92. The Balaban J connectivity index is 1.72. The van der Waals surface area contributed by atoms with Gasteiger partial charge in [0.25, 0.3) is 0 Å². The molecule has 1 aliphatic heterocycles. The molecular formula is C20H26N2O2S. The summed E-state index contributed by atoms with van der Waals surface area (Å²) in [5.74, 6) is 0.149. The zero-order valence-electron chi connectivity index (χ0n) is 15.5. The number of nitrogens with zero attached hydrogens (tertiary/aromatic N) is 2. The van der Waals surface area contributed by atoms with E-state index in [-0.39, 0.29) is 16.8 Å². The van der Waals surface area contributed by atoms with Crippen LogP contribution in [-0.2, 0) is 11.3 Å². The van der Waals surface area contributed by atoms with Gasteiger partial charge in [0.05, 0.1) is 6.04 Å². The van der Waals surface area contributed by atoms with Crippen LogP contribution in [0, 0.1) is 27.7 Å². The van der Waals surface area contributed by atoms with E-state index in [0.717, 1.165) is 30.0 Å². The van der Waals surface area contributed by atoms with Gasteiger partial charge in [-0.25, -0.2) is 0 Å². The van der Waals surface area contributed by atoms with E-state index in [9.17, 15) is 9.59 Å². The van der Waals surface area contributed by atoms with Crippen molar-refractivity contribution in [3.05, 3.63) is 55.1 Å². The first-order valence-corrected chi connectivity index (χ1v) is 9.73. The lowest BCUT2D eigenvalue weighted by molar-refractivity contribution is -0.132. The summed E-state index contributed by atoms with van der Waals surface area (Å²) < 4.78 is 1.74. The second-order valence-electron chi connectivity index (χ2n) is 7.00. The van der Waals surface area contributed by atoms with Crippen molar-refractivity contribution in [2.45, 2.75) is 59.5 Å². The van der Waals surface area contributed by atoms with Crippen LogP contribution >= 0.6 is 11.3 Å². The maximum absolute atomic E-state index is 12.8. The lowest BCUT2D eigenvalue weighted by atomic mass is 9.99. The van der Waals surface area contributed by atoms with E-state index >= 15 is 0 Å². The van der Waals surface area contributed by atoms with Gasteiger partial charge in [-0.3, -0.25) is 9.59 Å². The van der Waals surface area contributed by atoms with Crippen LogP contribution in [0.1, 0.15) is 52.6 Å². The van der Waals surface area contributed by atoms with Crippen molar-refractivity contribution in [1.82, 2.24) is 9.47 Å². The Hall–Kier alpha value is -1.88. The molecule has 134 valence electrons. The minimum Gasteiger partial charge on any atom is -0.336 e. The summed E-state index contributed by atoms with van der Waals surface area (Å²) in [6, 6.07) is 6.68. The van der Waals surface area contributed by atoms with E-state index < -0.39 is 0 Å². The van der Waals surface area contributed by atoms with Crippen LogP contribution in [0.15, 0.2) is 23.0 Å². The van der Waals surface area contributed by atoms with E-state index in [0.29, 0.717) is 13.0 Å². The third kappa shape index (κ3) is 3.56. The lowest BCUT2D eigenvalue weighted by Gasteiger charge is -2.26. The highest BCUT2D eigenvalue weighted by Crippen LogP contribution is 2.33. The molecule has 3 rings (SSSR count). The summed E-state index contributed by atoms with van der Waals surface area (Å²) in [4.78, 5) is 27.9. The molecule has 0 radical (unpaired) electrons. The molecule has 2 aromatic rings. The summed E-state index contributed by atoms with van der Waals surface area (Å²) in [7, 11) is 0. The van der Waals surface area contributed by atoms with Gasteiger partial charge in [0.2, 0.25) is 5.91 Å². The molecule has 0 bridgehead atoms. The minimum atomic E-state index is 0.0370. The number of hydrogen-bond donors (Lipinski definition) is 0. The fourth-order valence-electron chi connectivity index (χ4n) is 3.58. The van der Waals surface area contributed by atoms with E-state index in [1.165, 1.54) is 28.0 Å². The Morgan fingerprint density at radius 3 is 2.60 bits per heavy atom. The van der Waals surface area contributed by atoms with E-state index in [1.54, 1.807) is 4.57 Å². The number of likely N-dealkylation sites (tertiary alicyclic amines) is 1. The van der Waals surface area contributed by atoms with E-state index in [1.807, 2.05) is 18.7 Å². The Morgan fingerprint density at radius 1 is 1.20 bits per heavy atom. The molecule has 4 nitrogen and oxygen atoms in total. The lowest BCUT2D eigenvalue weighted by Crippen LogP contribution is -2.32. The molecule has 1 aromatic carbocycles. The Morgan fingerprint density at radius 2 is 1.96 bits per heavy atom. The number of rotatable bonds is 4. The van der Waals surface area contributed by atoms with Gasteiger partial charge in [-0.2, -0.15) is 0 Å². The molecule has 1 amide bonds. The van der Waals surface area contributed by atoms with Gasteiger partial charge in [0.1, 0.15) is 0 Å². The minimum absolute atomic E-state index is 0.0370. The predicted octanol–water partition coefficient (Wildman–Crippen LogP) is 3.90. The molecule has 25 heavy (non-hydrogen) atoms. The van der Waals surface area contributed by atoms with Crippen LogP contribution in [-0.4, -0.2) is 21.9 Å². The number of amides is 1. The molecule has 1 unspecified atom stereocenters. The van der Waals surface area contributed by atoms with Crippen LogP contribution in [0.4, 0.5) is 0 Å². The van der Waals surface area contributed by atoms with Crippen LogP contribution < -0.4 is 4.87 Å². The molecule has 2 heterocycles. The molecule has 0 aliphatic carbocycles. The average Bonchev–Trinajstić information content (AvgIpc) is 3.14. The van der Waals surface area contributed by atoms with Crippen molar-refractivity contribution in [1.29, 1.82) is 0 Å². The third-order valence-electron chi connectivity index (χ3n) is 5.41. The van der Waals surface area contributed by atoms with Crippen LogP contribution in [0.3, 0.4) is 0 Å². The zero-order chi connectivity index (χ0) is 18.1. The largest absolute Gasteiger partial charge is 0.336 e. The molecule has 0 spiro atoms. The van der Waals surface area contributed by atoms with Crippen LogP contribution in [0.2, 0.25) is 0 Å². The summed E-state index contributed by atoms with van der Waals surface area (Å²) in [6.07, 6.45) is 2.45. The molecule has 1 saturated heterocycles. The summed E-state index contributed by atoms with van der Waals surface area (Å²) in [5.41, 5.74) is 4.76. The third-order valence-corrected chi connectivity index (χ3v) is 6.41. The molecule has 1 atom stereocenters. The first kappa shape index (κ1) is 17.9. The van der Waals surface area contributed by atoms with Crippen molar-refractivity contribution in [3.63, 3.8) is 0 Å². The van der Waals surface area contributed by atoms with Crippen molar-refractivity contribution < 1.29 is 4.79 Å². The van der Waals surface area contributed by atoms with E-state index in [2.05, 4.69) is 32.0 Å². The smallest absolute Gasteiger partial charge is 0.307 e. The fourth-order valence-corrected chi connectivity index (χ4v) is 4.44. The van der Waals surface area contributed by atoms with Crippen molar-refractivity contribution in [2.24, 2.45) is 0 Å². The number of carbonyl (C=O) groups excluding carboxylic acids is 1. The van der Waals surface area contributed by atoms with Gasteiger partial charge in [0.15, 0.2) is 0 Å². The number of aromatic nitrogens is 1. The van der Waals surface area contributed by atoms with Gasteiger partial charge in [-0.1, -0.05) is 29.5 Å². The van der Waals surface area contributed by atoms with E-state index in [4.69, 9.17) is 0 Å². The molecule has 0 N–H and O–H groups in total. The van der Waals surface area contributed by atoms with Crippen molar-refractivity contribution in [3.8, 4) is 0 Å². The maximum atomic E-state index is 12.8. The quantitative estimate of drug-likeness (QED) is 0.832. The van der Waals surface area contributed by atoms with Crippen LogP contribution in [0.25, 0.3) is 0 Å². The monoisotopic (exact) mass is 358 g/mol. The Kier molecular flexibility index (Phi) is 5.13. The molecular weight excluding hydrogens is 332 g/mol. The summed E-state index contributed by atoms with van der Waals surface area (Å²) in [5, 5.41) is 0. The number of thiazole rings is 1. The Labute approximate surface area is 153 Å². The zero-order valence-corrected chi connectivity index (χ0v) is 16.3. The van der Waals surface area contributed by atoms with Crippen LogP contribution in [0.5, 0.6) is 0 Å². The van der Waals surface area contributed by atoms with Gasteiger partial charge < -0.3 is 9.47 Å². The SMILES string of the molecule is Cc1ccc(C2CCCN2C(=O)CCn2c(C)c(C)sc2=O)cc1C. The fraction of sp³-hybridized carbons (Fsp3) is 0.500. The number of aryl methyl sites for hydroxylation is 3. The van der Waals surface area contributed by atoms with Gasteiger partial charge in [-0.15, -0.1) is 0 Å². The highest BCUT2D eigenvalue weighted by molar-refractivity contribution is 7.09. The number of hydrogen-bond acceptors (Lipinski definition) is 3.